The summed E-state index contributed by atoms with van der Waals surface area (Å²) in [5.41, 5.74) is 6.64. The molecule has 1 fully saturated rings. The molecule has 21 heavy (non-hydrogen) atoms. The standard InChI is InChI=1S/C14H22N4O2S/c1-10-3-5-18(6-4-10)14(19)8-20-17-13(15)7-12-9-21-11(2)16-12/h9-10H,3-8H2,1-2H3,(H2,15,17). The maximum Gasteiger partial charge on any atom is 0.263 e. The van der Waals surface area contributed by atoms with E-state index in [2.05, 4.69) is 17.1 Å². The van der Waals surface area contributed by atoms with Crippen LogP contribution in [0.2, 0.25) is 0 Å². The number of piperidine rings is 1. The van der Waals surface area contributed by atoms with Crippen molar-refractivity contribution in [2.45, 2.75) is 33.1 Å². The number of amidine groups is 1. The number of rotatable bonds is 5. The number of hydrogen-bond acceptors (Lipinski definition) is 5. The largest absolute Gasteiger partial charge is 0.384 e. The summed E-state index contributed by atoms with van der Waals surface area (Å²) in [6, 6.07) is 0. The molecule has 1 aliphatic rings. The van der Waals surface area contributed by atoms with Crippen molar-refractivity contribution in [2.24, 2.45) is 16.8 Å². The second kappa shape index (κ2) is 7.40. The number of aryl methyl sites for hydroxylation is 1. The molecule has 2 heterocycles. The molecule has 1 saturated heterocycles. The van der Waals surface area contributed by atoms with Gasteiger partial charge in [-0.25, -0.2) is 4.98 Å². The average Bonchev–Trinajstić information content (AvgIpc) is 2.84. The molecule has 1 amide bonds. The van der Waals surface area contributed by atoms with Crippen molar-refractivity contribution in [3.8, 4) is 0 Å². The van der Waals surface area contributed by atoms with E-state index >= 15 is 0 Å². The van der Waals surface area contributed by atoms with Crippen molar-refractivity contribution in [2.75, 3.05) is 19.7 Å². The van der Waals surface area contributed by atoms with Crippen LogP contribution in [-0.2, 0) is 16.1 Å². The summed E-state index contributed by atoms with van der Waals surface area (Å²) in [7, 11) is 0. The lowest BCUT2D eigenvalue weighted by Gasteiger charge is -2.29. The lowest BCUT2D eigenvalue weighted by molar-refractivity contribution is -0.137. The molecular formula is C14H22N4O2S. The molecule has 0 aliphatic carbocycles. The number of thiazole rings is 1. The SMILES string of the molecule is Cc1nc(CC(N)=NOCC(=O)N2CCC(C)CC2)cs1. The molecule has 7 heteroatoms. The van der Waals surface area contributed by atoms with Gasteiger partial charge >= 0.3 is 0 Å². The lowest BCUT2D eigenvalue weighted by Crippen LogP contribution is -2.39. The molecular weight excluding hydrogens is 288 g/mol. The number of nitrogens with zero attached hydrogens (tertiary/aromatic N) is 3. The molecule has 0 unspecified atom stereocenters. The van der Waals surface area contributed by atoms with E-state index in [-0.39, 0.29) is 12.5 Å². The summed E-state index contributed by atoms with van der Waals surface area (Å²) in [5.74, 6) is 1.01. The van der Waals surface area contributed by atoms with Gasteiger partial charge in [0, 0.05) is 18.5 Å². The summed E-state index contributed by atoms with van der Waals surface area (Å²) in [6.45, 7) is 5.71. The monoisotopic (exact) mass is 310 g/mol. The highest BCUT2D eigenvalue weighted by atomic mass is 32.1. The molecule has 0 atom stereocenters. The predicted molar refractivity (Wildman–Crippen MR) is 83.1 cm³/mol. The third-order valence-corrected chi connectivity index (χ3v) is 4.36. The number of oxime groups is 1. The number of nitrogens with two attached hydrogens (primary N) is 1. The Bertz CT molecular complexity index is 507. The first-order valence-electron chi connectivity index (χ1n) is 7.17. The van der Waals surface area contributed by atoms with E-state index in [0.29, 0.717) is 18.2 Å². The average molecular weight is 310 g/mol. The Balaban J connectivity index is 1.72. The van der Waals surface area contributed by atoms with Crippen molar-refractivity contribution >= 4 is 23.1 Å². The van der Waals surface area contributed by atoms with Crippen molar-refractivity contribution < 1.29 is 9.63 Å². The van der Waals surface area contributed by atoms with E-state index in [0.717, 1.165) is 36.6 Å². The maximum atomic E-state index is 11.9. The fourth-order valence-corrected chi connectivity index (χ4v) is 2.84. The first-order valence-corrected chi connectivity index (χ1v) is 8.05. The number of carbonyl (C=O) groups excluding carboxylic acids is 1. The van der Waals surface area contributed by atoms with Crippen LogP contribution >= 0.6 is 11.3 Å². The minimum Gasteiger partial charge on any atom is -0.384 e. The van der Waals surface area contributed by atoms with Crippen LogP contribution in [0.15, 0.2) is 10.5 Å². The second-order valence-corrected chi connectivity index (χ2v) is 6.52. The van der Waals surface area contributed by atoms with Crippen LogP contribution in [0.25, 0.3) is 0 Å². The first-order chi connectivity index (χ1) is 10.0. The topological polar surface area (TPSA) is 80.8 Å². The van der Waals surface area contributed by atoms with Crippen LogP contribution in [0, 0.1) is 12.8 Å². The second-order valence-electron chi connectivity index (χ2n) is 5.45. The number of carbonyl (C=O) groups is 1. The molecule has 2 rings (SSSR count). The molecule has 0 saturated carbocycles. The quantitative estimate of drug-likeness (QED) is 0.508. The summed E-state index contributed by atoms with van der Waals surface area (Å²) in [6.07, 6.45) is 2.56. The summed E-state index contributed by atoms with van der Waals surface area (Å²) in [5, 5.41) is 6.73. The summed E-state index contributed by atoms with van der Waals surface area (Å²) >= 11 is 1.57. The van der Waals surface area contributed by atoms with Gasteiger partial charge in [-0.3, -0.25) is 4.79 Å². The molecule has 2 N–H and O–H groups in total. The van der Waals surface area contributed by atoms with Gasteiger partial charge in [-0.05, 0) is 25.7 Å². The number of aromatic nitrogens is 1. The van der Waals surface area contributed by atoms with E-state index in [4.69, 9.17) is 10.6 Å². The molecule has 0 bridgehead atoms. The van der Waals surface area contributed by atoms with Gasteiger partial charge in [-0.2, -0.15) is 0 Å². The third-order valence-electron chi connectivity index (χ3n) is 3.53. The van der Waals surface area contributed by atoms with Gasteiger partial charge in [-0.15, -0.1) is 11.3 Å². The van der Waals surface area contributed by atoms with Gasteiger partial charge in [0.25, 0.3) is 5.91 Å². The highest BCUT2D eigenvalue weighted by molar-refractivity contribution is 7.09. The van der Waals surface area contributed by atoms with Gasteiger partial charge in [0.15, 0.2) is 6.61 Å². The minimum atomic E-state index is -0.0504. The highest BCUT2D eigenvalue weighted by Crippen LogP contribution is 2.15. The van der Waals surface area contributed by atoms with Crippen LogP contribution in [0.3, 0.4) is 0 Å². The molecule has 1 aliphatic heterocycles. The summed E-state index contributed by atoms with van der Waals surface area (Å²) in [4.78, 5) is 23.1. The Morgan fingerprint density at radius 1 is 1.57 bits per heavy atom. The van der Waals surface area contributed by atoms with Crippen LogP contribution in [-0.4, -0.2) is 41.3 Å². The molecule has 0 spiro atoms. The van der Waals surface area contributed by atoms with Crippen molar-refractivity contribution in [3.63, 3.8) is 0 Å². The number of hydrogen-bond donors (Lipinski definition) is 1. The van der Waals surface area contributed by atoms with Crippen molar-refractivity contribution in [1.82, 2.24) is 9.88 Å². The molecule has 1 aromatic rings. The third kappa shape index (κ3) is 5.00. The number of amides is 1. The molecule has 6 nitrogen and oxygen atoms in total. The Morgan fingerprint density at radius 3 is 2.90 bits per heavy atom. The fraction of sp³-hybridized carbons (Fsp3) is 0.643. The van der Waals surface area contributed by atoms with Crippen LogP contribution in [0.5, 0.6) is 0 Å². The zero-order chi connectivity index (χ0) is 15.2. The van der Waals surface area contributed by atoms with Crippen LogP contribution in [0.4, 0.5) is 0 Å². The Kier molecular flexibility index (Phi) is 5.55. The summed E-state index contributed by atoms with van der Waals surface area (Å²) < 4.78 is 0. The van der Waals surface area contributed by atoms with Crippen molar-refractivity contribution in [3.05, 3.63) is 16.1 Å². The van der Waals surface area contributed by atoms with Crippen LogP contribution in [0.1, 0.15) is 30.5 Å². The molecule has 0 radical (unpaired) electrons. The van der Waals surface area contributed by atoms with E-state index < -0.39 is 0 Å². The van der Waals surface area contributed by atoms with Gasteiger partial charge in [0.1, 0.15) is 5.84 Å². The fourth-order valence-electron chi connectivity index (χ4n) is 2.23. The van der Waals surface area contributed by atoms with E-state index in [9.17, 15) is 4.79 Å². The zero-order valence-electron chi connectivity index (χ0n) is 12.5. The Labute approximate surface area is 129 Å². The molecule has 116 valence electrons. The van der Waals surface area contributed by atoms with Gasteiger partial charge in [0.05, 0.1) is 17.1 Å². The van der Waals surface area contributed by atoms with E-state index in [1.54, 1.807) is 11.3 Å². The Morgan fingerprint density at radius 2 is 2.29 bits per heavy atom. The van der Waals surface area contributed by atoms with Crippen LogP contribution < -0.4 is 5.73 Å². The van der Waals surface area contributed by atoms with Gasteiger partial charge in [-0.1, -0.05) is 12.1 Å². The lowest BCUT2D eigenvalue weighted by atomic mass is 9.99. The zero-order valence-corrected chi connectivity index (χ0v) is 13.4. The highest BCUT2D eigenvalue weighted by Gasteiger charge is 2.20. The predicted octanol–water partition coefficient (Wildman–Crippen LogP) is 1.54. The normalized spacial score (nSPS) is 17.0. The molecule has 1 aromatic heterocycles. The number of likely N-dealkylation sites (tertiary alicyclic amines) is 1. The Hall–Kier alpha value is -1.63. The first kappa shape index (κ1) is 15.8. The van der Waals surface area contributed by atoms with Gasteiger partial charge < -0.3 is 15.5 Å². The smallest absolute Gasteiger partial charge is 0.263 e. The van der Waals surface area contributed by atoms with E-state index in [1.807, 2.05) is 17.2 Å². The minimum absolute atomic E-state index is 0.0250. The van der Waals surface area contributed by atoms with Gasteiger partial charge in [0.2, 0.25) is 0 Å². The molecule has 0 aromatic carbocycles. The van der Waals surface area contributed by atoms with Crippen molar-refractivity contribution in [1.29, 1.82) is 0 Å². The van der Waals surface area contributed by atoms with E-state index in [1.165, 1.54) is 0 Å². The maximum absolute atomic E-state index is 11.9.